The normalized spacial score (nSPS) is 12.9. The van der Waals surface area contributed by atoms with E-state index in [-0.39, 0.29) is 6.04 Å². The van der Waals surface area contributed by atoms with Crippen LogP contribution in [0.25, 0.3) is 0 Å². The zero-order valence-corrected chi connectivity index (χ0v) is 8.46. The summed E-state index contributed by atoms with van der Waals surface area (Å²) < 4.78 is 0. The third-order valence-corrected chi connectivity index (χ3v) is 2.23. The molecule has 13 heavy (non-hydrogen) atoms. The molecule has 1 heterocycles. The van der Waals surface area contributed by atoms with Crippen molar-refractivity contribution < 1.29 is 0 Å². The summed E-state index contributed by atoms with van der Waals surface area (Å²) in [5.41, 5.74) is 14.8. The topological polar surface area (TPSA) is 64.9 Å². The molecule has 3 heteroatoms. The Morgan fingerprint density at radius 1 is 1.46 bits per heavy atom. The maximum atomic E-state index is 5.93. The molecule has 0 bridgehead atoms. The van der Waals surface area contributed by atoms with Gasteiger partial charge in [0, 0.05) is 17.3 Å². The van der Waals surface area contributed by atoms with E-state index < -0.39 is 0 Å². The average Bonchev–Trinajstić information content (AvgIpc) is 2.02. The number of nitrogens with two attached hydrogens (primary N) is 2. The number of hydrogen-bond donors (Lipinski definition) is 2. The highest BCUT2D eigenvalue weighted by molar-refractivity contribution is 5.47. The highest BCUT2D eigenvalue weighted by Crippen LogP contribution is 2.23. The molecule has 0 spiro atoms. The van der Waals surface area contributed by atoms with Crippen LogP contribution >= 0.6 is 0 Å². The summed E-state index contributed by atoms with van der Waals surface area (Å²) in [7, 11) is 0. The number of rotatable bonds is 2. The van der Waals surface area contributed by atoms with Crippen LogP contribution in [-0.2, 0) is 0 Å². The fraction of sp³-hybridized carbons (Fsp3) is 0.500. The van der Waals surface area contributed by atoms with Gasteiger partial charge in [0.05, 0.1) is 0 Å². The molecular weight excluding hydrogens is 162 g/mol. The van der Waals surface area contributed by atoms with Gasteiger partial charge in [0.1, 0.15) is 5.82 Å². The lowest BCUT2D eigenvalue weighted by molar-refractivity contribution is 0.692. The molecule has 0 saturated heterocycles. The molecule has 0 aromatic carbocycles. The van der Waals surface area contributed by atoms with Crippen molar-refractivity contribution in [2.24, 2.45) is 5.73 Å². The first-order valence-electron chi connectivity index (χ1n) is 4.55. The van der Waals surface area contributed by atoms with Gasteiger partial charge < -0.3 is 11.5 Å². The molecule has 4 N–H and O–H groups in total. The maximum absolute atomic E-state index is 5.93. The minimum atomic E-state index is 0.00750. The monoisotopic (exact) mass is 179 g/mol. The molecule has 0 aliphatic rings. The number of pyridine rings is 1. The van der Waals surface area contributed by atoms with Gasteiger partial charge in [-0.15, -0.1) is 0 Å². The van der Waals surface area contributed by atoms with Crippen LogP contribution in [0.15, 0.2) is 6.07 Å². The van der Waals surface area contributed by atoms with Crippen LogP contribution in [0, 0.1) is 13.8 Å². The van der Waals surface area contributed by atoms with E-state index in [1.807, 2.05) is 26.8 Å². The van der Waals surface area contributed by atoms with Crippen LogP contribution < -0.4 is 11.5 Å². The Kier molecular flexibility index (Phi) is 2.88. The minimum absolute atomic E-state index is 0.00750. The lowest BCUT2D eigenvalue weighted by Crippen LogP contribution is -2.14. The summed E-state index contributed by atoms with van der Waals surface area (Å²) in [5.74, 6) is 0.576. The van der Waals surface area contributed by atoms with Gasteiger partial charge in [-0.1, -0.05) is 6.92 Å². The van der Waals surface area contributed by atoms with Crippen molar-refractivity contribution in [3.63, 3.8) is 0 Å². The molecule has 1 aromatic rings. The maximum Gasteiger partial charge on any atom is 0.128 e. The molecule has 0 unspecified atom stereocenters. The SMILES string of the molecule is CC[C@@H](N)c1c(C)cc(C)nc1N. The van der Waals surface area contributed by atoms with E-state index in [0.717, 1.165) is 23.2 Å². The fourth-order valence-electron chi connectivity index (χ4n) is 1.56. The van der Waals surface area contributed by atoms with E-state index in [0.29, 0.717) is 5.82 Å². The molecular formula is C10H17N3. The second kappa shape index (κ2) is 3.75. The molecule has 0 aliphatic carbocycles. The molecule has 0 aliphatic heterocycles. The lowest BCUT2D eigenvalue weighted by Gasteiger charge is -2.15. The molecule has 1 aromatic heterocycles. The van der Waals surface area contributed by atoms with Crippen molar-refractivity contribution in [2.45, 2.75) is 33.2 Å². The Labute approximate surface area is 79.2 Å². The number of nitrogens with zero attached hydrogens (tertiary/aromatic N) is 1. The number of aryl methyl sites for hydroxylation is 2. The van der Waals surface area contributed by atoms with Gasteiger partial charge in [0.25, 0.3) is 0 Å². The van der Waals surface area contributed by atoms with Gasteiger partial charge in [-0.3, -0.25) is 0 Å². The van der Waals surface area contributed by atoms with Gasteiger partial charge in [0.15, 0.2) is 0 Å². The van der Waals surface area contributed by atoms with Crippen molar-refractivity contribution in [1.29, 1.82) is 0 Å². The van der Waals surface area contributed by atoms with Crippen molar-refractivity contribution in [2.75, 3.05) is 5.73 Å². The first-order valence-corrected chi connectivity index (χ1v) is 4.55. The Hall–Kier alpha value is -1.09. The van der Waals surface area contributed by atoms with Crippen molar-refractivity contribution in [3.8, 4) is 0 Å². The number of hydrogen-bond acceptors (Lipinski definition) is 3. The minimum Gasteiger partial charge on any atom is -0.383 e. The molecule has 3 nitrogen and oxygen atoms in total. The van der Waals surface area contributed by atoms with E-state index in [4.69, 9.17) is 11.5 Å². The number of anilines is 1. The Morgan fingerprint density at radius 2 is 2.08 bits per heavy atom. The number of nitrogen functional groups attached to an aromatic ring is 1. The zero-order chi connectivity index (χ0) is 10.0. The van der Waals surface area contributed by atoms with E-state index in [1.54, 1.807) is 0 Å². The predicted molar refractivity (Wildman–Crippen MR) is 55.3 cm³/mol. The standard InChI is InChI=1S/C10H17N3/c1-4-8(11)9-6(2)5-7(3)13-10(9)12/h5,8H,4,11H2,1-3H3,(H2,12,13)/t8-/m1/s1. The van der Waals surface area contributed by atoms with E-state index in [9.17, 15) is 0 Å². The first kappa shape index (κ1) is 9.99. The van der Waals surface area contributed by atoms with Crippen molar-refractivity contribution >= 4 is 5.82 Å². The van der Waals surface area contributed by atoms with Crippen molar-refractivity contribution in [1.82, 2.24) is 4.98 Å². The van der Waals surface area contributed by atoms with Crippen molar-refractivity contribution in [3.05, 3.63) is 22.9 Å². The fourth-order valence-corrected chi connectivity index (χ4v) is 1.56. The summed E-state index contributed by atoms with van der Waals surface area (Å²) >= 11 is 0. The molecule has 1 rings (SSSR count). The third-order valence-electron chi connectivity index (χ3n) is 2.23. The van der Waals surface area contributed by atoms with E-state index in [2.05, 4.69) is 4.98 Å². The quantitative estimate of drug-likeness (QED) is 0.726. The Morgan fingerprint density at radius 3 is 2.54 bits per heavy atom. The Bertz CT molecular complexity index is 284. The van der Waals surface area contributed by atoms with Gasteiger partial charge in [0.2, 0.25) is 0 Å². The molecule has 0 fully saturated rings. The largest absolute Gasteiger partial charge is 0.383 e. The van der Waals surface area contributed by atoms with E-state index >= 15 is 0 Å². The van der Waals surface area contributed by atoms with Gasteiger partial charge in [-0.05, 0) is 31.9 Å². The average molecular weight is 179 g/mol. The van der Waals surface area contributed by atoms with Gasteiger partial charge in [-0.2, -0.15) is 0 Å². The van der Waals surface area contributed by atoms with E-state index in [1.165, 1.54) is 0 Å². The zero-order valence-electron chi connectivity index (χ0n) is 8.46. The summed E-state index contributed by atoms with van der Waals surface area (Å²) in [5, 5.41) is 0. The summed E-state index contributed by atoms with van der Waals surface area (Å²) in [4.78, 5) is 4.20. The van der Waals surface area contributed by atoms with Crippen LogP contribution in [0.2, 0.25) is 0 Å². The second-order valence-corrected chi connectivity index (χ2v) is 3.39. The van der Waals surface area contributed by atoms with Crippen LogP contribution in [0.4, 0.5) is 5.82 Å². The summed E-state index contributed by atoms with van der Waals surface area (Å²) in [6.07, 6.45) is 0.885. The van der Waals surface area contributed by atoms with Crippen LogP contribution in [-0.4, -0.2) is 4.98 Å². The van der Waals surface area contributed by atoms with Crippen LogP contribution in [0.3, 0.4) is 0 Å². The van der Waals surface area contributed by atoms with Crippen LogP contribution in [0.5, 0.6) is 0 Å². The van der Waals surface area contributed by atoms with Gasteiger partial charge >= 0.3 is 0 Å². The molecule has 1 atom stereocenters. The Balaban J connectivity index is 3.20. The highest BCUT2D eigenvalue weighted by Gasteiger charge is 2.11. The first-order chi connectivity index (χ1) is 6.06. The predicted octanol–water partition coefficient (Wildman–Crippen LogP) is 1.69. The number of aromatic nitrogens is 1. The third kappa shape index (κ3) is 1.98. The molecule has 0 radical (unpaired) electrons. The molecule has 0 saturated carbocycles. The molecule has 0 amide bonds. The van der Waals surface area contributed by atoms with Crippen LogP contribution in [0.1, 0.15) is 36.2 Å². The smallest absolute Gasteiger partial charge is 0.128 e. The second-order valence-electron chi connectivity index (χ2n) is 3.39. The van der Waals surface area contributed by atoms with Gasteiger partial charge in [-0.25, -0.2) is 4.98 Å². The summed E-state index contributed by atoms with van der Waals surface area (Å²) in [6, 6.07) is 2.02. The highest BCUT2D eigenvalue weighted by atomic mass is 14.9. The molecule has 72 valence electrons. The summed E-state index contributed by atoms with van der Waals surface area (Å²) in [6.45, 7) is 6.00. The lowest BCUT2D eigenvalue weighted by atomic mass is 10.0.